The highest BCUT2D eigenvalue weighted by Gasteiger charge is 2.18. The average molecular weight is 267 g/mol. The third kappa shape index (κ3) is 5.41. The Morgan fingerprint density at radius 3 is 2.53 bits per heavy atom. The summed E-state index contributed by atoms with van der Waals surface area (Å²) in [7, 11) is 2.32. The van der Waals surface area contributed by atoms with Crippen molar-refractivity contribution in [3.05, 3.63) is 0 Å². The second-order valence-electron chi connectivity index (χ2n) is 6.69. The van der Waals surface area contributed by atoms with Gasteiger partial charge >= 0.3 is 0 Å². The maximum Gasteiger partial charge on any atom is 0.0110 e. The molecule has 3 nitrogen and oxygen atoms in total. The van der Waals surface area contributed by atoms with Crippen LogP contribution in [0, 0.1) is 5.92 Å². The van der Waals surface area contributed by atoms with E-state index in [1.165, 1.54) is 77.8 Å². The molecule has 1 saturated carbocycles. The Kier molecular flexibility index (Phi) is 6.62. The van der Waals surface area contributed by atoms with Gasteiger partial charge in [-0.05, 0) is 45.7 Å². The molecule has 2 rings (SSSR count). The highest BCUT2D eigenvalue weighted by Crippen LogP contribution is 2.24. The summed E-state index contributed by atoms with van der Waals surface area (Å²) < 4.78 is 0. The van der Waals surface area contributed by atoms with Gasteiger partial charge in [-0.2, -0.15) is 0 Å². The van der Waals surface area contributed by atoms with Crippen LogP contribution in [0.3, 0.4) is 0 Å². The van der Waals surface area contributed by atoms with Crippen LogP contribution in [0.2, 0.25) is 0 Å². The predicted octanol–water partition coefficient (Wildman–Crippen LogP) is 2.18. The zero-order valence-corrected chi connectivity index (χ0v) is 13.0. The van der Waals surface area contributed by atoms with E-state index in [9.17, 15) is 0 Å². The quantitative estimate of drug-likeness (QED) is 0.796. The first-order valence-corrected chi connectivity index (χ1v) is 8.39. The van der Waals surface area contributed by atoms with Gasteiger partial charge in [0.05, 0.1) is 0 Å². The van der Waals surface area contributed by atoms with Crippen molar-refractivity contribution in [1.29, 1.82) is 0 Å². The lowest BCUT2D eigenvalue weighted by Gasteiger charge is -2.34. The molecule has 0 radical (unpaired) electrons. The average Bonchev–Trinajstić information content (AvgIpc) is 2.47. The molecule has 2 aliphatic rings. The zero-order chi connectivity index (χ0) is 13.5. The summed E-state index contributed by atoms with van der Waals surface area (Å²) >= 11 is 0. The first-order valence-electron chi connectivity index (χ1n) is 8.39. The minimum Gasteiger partial charge on any atom is -0.314 e. The van der Waals surface area contributed by atoms with Crippen LogP contribution in [-0.2, 0) is 0 Å². The van der Waals surface area contributed by atoms with Crippen molar-refractivity contribution in [2.45, 2.75) is 51.5 Å². The molecule has 0 aromatic rings. The number of nitrogens with one attached hydrogen (secondary N) is 1. The maximum atomic E-state index is 3.44. The van der Waals surface area contributed by atoms with Crippen LogP contribution in [0.5, 0.6) is 0 Å². The second-order valence-corrected chi connectivity index (χ2v) is 6.69. The highest BCUT2D eigenvalue weighted by atomic mass is 15.2. The Bertz CT molecular complexity index is 232. The van der Waals surface area contributed by atoms with Crippen molar-refractivity contribution < 1.29 is 0 Å². The SMILES string of the molecule is CC(CCN(C)CC1CCCCC1)N1CCNCC1. The van der Waals surface area contributed by atoms with E-state index in [-0.39, 0.29) is 0 Å². The second kappa shape index (κ2) is 8.23. The van der Waals surface area contributed by atoms with E-state index in [1.54, 1.807) is 0 Å². The van der Waals surface area contributed by atoms with Crippen LogP contribution >= 0.6 is 0 Å². The number of hydrogen-bond acceptors (Lipinski definition) is 3. The molecule has 19 heavy (non-hydrogen) atoms. The largest absolute Gasteiger partial charge is 0.314 e. The first kappa shape index (κ1) is 15.3. The van der Waals surface area contributed by atoms with Gasteiger partial charge in [0.2, 0.25) is 0 Å². The molecule has 0 amide bonds. The molecule has 2 fully saturated rings. The van der Waals surface area contributed by atoms with Gasteiger partial charge in [0, 0.05) is 38.8 Å². The monoisotopic (exact) mass is 267 g/mol. The van der Waals surface area contributed by atoms with Gasteiger partial charge in [0.25, 0.3) is 0 Å². The van der Waals surface area contributed by atoms with Crippen molar-refractivity contribution in [3.63, 3.8) is 0 Å². The van der Waals surface area contributed by atoms with E-state index in [2.05, 4.69) is 29.1 Å². The third-order valence-electron chi connectivity index (χ3n) is 5.00. The van der Waals surface area contributed by atoms with E-state index < -0.39 is 0 Å². The molecule has 1 saturated heterocycles. The summed E-state index contributed by atoms with van der Waals surface area (Å²) in [5, 5.41) is 3.44. The minimum absolute atomic E-state index is 0.746. The predicted molar refractivity (Wildman–Crippen MR) is 82.6 cm³/mol. The standard InChI is InChI=1S/C16H33N3/c1-15(19-12-9-17-10-13-19)8-11-18(2)14-16-6-4-3-5-7-16/h15-17H,3-14H2,1-2H3. The summed E-state index contributed by atoms with van der Waals surface area (Å²) in [5.74, 6) is 0.980. The Morgan fingerprint density at radius 2 is 1.84 bits per heavy atom. The lowest BCUT2D eigenvalue weighted by atomic mass is 9.89. The van der Waals surface area contributed by atoms with E-state index >= 15 is 0 Å². The Morgan fingerprint density at radius 1 is 1.16 bits per heavy atom. The molecule has 1 unspecified atom stereocenters. The van der Waals surface area contributed by atoms with Crippen molar-refractivity contribution in [3.8, 4) is 0 Å². The van der Waals surface area contributed by atoms with Crippen LogP contribution < -0.4 is 5.32 Å². The summed E-state index contributed by atoms with van der Waals surface area (Å²) in [5.41, 5.74) is 0. The Hall–Kier alpha value is -0.120. The molecule has 1 N–H and O–H groups in total. The topological polar surface area (TPSA) is 18.5 Å². The van der Waals surface area contributed by atoms with E-state index in [0.29, 0.717) is 0 Å². The number of rotatable bonds is 6. The Balaban J connectivity index is 1.60. The van der Waals surface area contributed by atoms with Gasteiger partial charge in [0.15, 0.2) is 0 Å². The lowest BCUT2D eigenvalue weighted by Crippen LogP contribution is -2.48. The van der Waals surface area contributed by atoms with Crippen LogP contribution in [0.15, 0.2) is 0 Å². The van der Waals surface area contributed by atoms with Crippen LogP contribution in [0.1, 0.15) is 45.4 Å². The molecular formula is C16H33N3. The van der Waals surface area contributed by atoms with Crippen molar-refractivity contribution in [2.75, 3.05) is 46.3 Å². The van der Waals surface area contributed by atoms with Gasteiger partial charge in [-0.3, -0.25) is 4.90 Å². The minimum atomic E-state index is 0.746. The van der Waals surface area contributed by atoms with E-state index in [4.69, 9.17) is 0 Å². The highest BCUT2D eigenvalue weighted by molar-refractivity contribution is 4.75. The number of piperazine rings is 1. The summed E-state index contributed by atoms with van der Waals surface area (Å²) in [6, 6.07) is 0.746. The molecule has 0 aromatic heterocycles. The molecule has 1 aliphatic heterocycles. The molecule has 1 atom stereocenters. The summed E-state index contributed by atoms with van der Waals surface area (Å²) in [6.07, 6.45) is 8.67. The molecule has 112 valence electrons. The van der Waals surface area contributed by atoms with Crippen molar-refractivity contribution in [2.24, 2.45) is 5.92 Å². The van der Waals surface area contributed by atoms with Gasteiger partial charge < -0.3 is 10.2 Å². The lowest BCUT2D eigenvalue weighted by molar-refractivity contribution is 0.155. The van der Waals surface area contributed by atoms with Gasteiger partial charge in [-0.1, -0.05) is 19.3 Å². The zero-order valence-electron chi connectivity index (χ0n) is 13.0. The molecule has 0 spiro atoms. The molecular weight excluding hydrogens is 234 g/mol. The first-order chi connectivity index (χ1) is 9.25. The van der Waals surface area contributed by atoms with E-state index in [1.807, 2.05) is 0 Å². The van der Waals surface area contributed by atoms with Crippen LogP contribution in [-0.4, -0.2) is 62.2 Å². The summed E-state index contributed by atoms with van der Waals surface area (Å²) in [4.78, 5) is 5.22. The molecule has 1 heterocycles. The molecule has 0 aromatic carbocycles. The van der Waals surface area contributed by atoms with Gasteiger partial charge in [0.1, 0.15) is 0 Å². The summed E-state index contributed by atoms with van der Waals surface area (Å²) in [6.45, 7) is 9.79. The molecule has 3 heteroatoms. The fourth-order valence-electron chi connectivity index (χ4n) is 3.61. The Labute approximate surface area is 119 Å². The van der Waals surface area contributed by atoms with Crippen molar-refractivity contribution >= 4 is 0 Å². The number of nitrogens with zero attached hydrogens (tertiary/aromatic N) is 2. The molecule has 1 aliphatic carbocycles. The van der Waals surface area contributed by atoms with Crippen LogP contribution in [0.25, 0.3) is 0 Å². The fourth-order valence-corrected chi connectivity index (χ4v) is 3.61. The normalized spacial score (nSPS) is 24.8. The van der Waals surface area contributed by atoms with E-state index in [0.717, 1.165) is 12.0 Å². The third-order valence-corrected chi connectivity index (χ3v) is 5.00. The smallest absolute Gasteiger partial charge is 0.0110 e. The van der Waals surface area contributed by atoms with Crippen molar-refractivity contribution in [1.82, 2.24) is 15.1 Å². The number of hydrogen-bond donors (Lipinski definition) is 1. The van der Waals surface area contributed by atoms with Crippen LogP contribution in [0.4, 0.5) is 0 Å². The van der Waals surface area contributed by atoms with Gasteiger partial charge in [-0.15, -0.1) is 0 Å². The maximum absolute atomic E-state index is 3.44. The van der Waals surface area contributed by atoms with Gasteiger partial charge in [-0.25, -0.2) is 0 Å². The fraction of sp³-hybridized carbons (Fsp3) is 1.00. The molecule has 0 bridgehead atoms.